The fourth-order valence-corrected chi connectivity index (χ4v) is 1.55. The second-order valence-corrected chi connectivity index (χ2v) is 4.67. The molecule has 0 unspecified atom stereocenters. The predicted molar refractivity (Wildman–Crippen MR) is 58.6 cm³/mol. The van der Waals surface area contributed by atoms with Crippen molar-refractivity contribution >= 4 is 21.7 Å². The van der Waals surface area contributed by atoms with Gasteiger partial charge in [-0.2, -0.15) is 0 Å². The Hall–Kier alpha value is -0.630. The van der Waals surface area contributed by atoms with Gasteiger partial charge >= 0.3 is 0 Å². The van der Waals surface area contributed by atoms with Crippen LogP contribution in [0.25, 0.3) is 0 Å². The quantitative estimate of drug-likeness (QED) is 0.573. The van der Waals surface area contributed by atoms with E-state index in [0.29, 0.717) is 0 Å². The average Bonchev–Trinajstić information content (AvgIpc) is 2.03. The molecule has 0 spiro atoms. The first-order chi connectivity index (χ1) is 6.02. The molecule has 0 fully saturated rings. The lowest BCUT2D eigenvalue weighted by atomic mass is 10.0. The van der Waals surface area contributed by atoms with Gasteiger partial charge < -0.3 is 0 Å². The molecule has 70 valence electrons. The van der Waals surface area contributed by atoms with Crippen LogP contribution in [0.15, 0.2) is 18.2 Å². The number of halogens is 1. The van der Waals surface area contributed by atoms with Gasteiger partial charge in [-0.25, -0.2) is 0 Å². The van der Waals surface area contributed by atoms with E-state index in [1.807, 2.05) is 39.0 Å². The van der Waals surface area contributed by atoms with E-state index < -0.39 is 0 Å². The second kappa shape index (κ2) is 4.05. The molecule has 1 aromatic carbocycles. The van der Waals surface area contributed by atoms with E-state index in [2.05, 4.69) is 15.9 Å². The zero-order chi connectivity index (χ0) is 10.0. The Bertz CT molecular complexity index is 329. The van der Waals surface area contributed by atoms with E-state index in [-0.39, 0.29) is 10.6 Å². The van der Waals surface area contributed by atoms with E-state index in [1.54, 1.807) is 0 Å². The van der Waals surface area contributed by atoms with Crippen LogP contribution < -0.4 is 0 Å². The Morgan fingerprint density at radius 2 is 2.00 bits per heavy atom. The molecule has 0 aliphatic carbocycles. The Balaban J connectivity index is 3.09. The molecule has 0 radical (unpaired) electrons. The second-order valence-electron chi connectivity index (χ2n) is 3.30. The van der Waals surface area contributed by atoms with Gasteiger partial charge in [0.1, 0.15) is 0 Å². The Morgan fingerprint density at radius 3 is 2.46 bits per heavy atom. The number of alkyl halides is 1. The topological polar surface area (TPSA) is 17.1 Å². The van der Waals surface area contributed by atoms with Gasteiger partial charge in [0.2, 0.25) is 0 Å². The first-order valence-corrected chi connectivity index (χ1v) is 5.19. The van der Waals surface area contributed by atoms with Gasteiger partial charge in [-0.05, 0) is 26.3 Å². The molecule has 1 rings (SSSR count). The van der Waals surface area contributed by atoms with Crippen LogP contribution >= 0.6 is 15.9 Å². The molecule has 0 saturated carbocycles. The van der Waals surface area contributed by atoms with Gasteiger partial charge in [-0.1, -0.05) is 39.7 Å². The zero-order valence-corrected chi connectivity index (χ0v) is 9.68. The number of hydrogen-bond donors (Lipinski definition) is 0. The summed E-state index contributed by atoms with van der Waals surface area (Å²) < 4.78 is 0. The van der Waals surface area contributed by atoms with E-state index >= 15 is 0 Å². The van der Waals surface area contributed by atoms with Crippen LogP contribution in [0.3, 0.4) is 0 Å². The standard InChI is InChI=1S/C11H13BrO/c1-7-4-5-10(8(2)6-7)11(13)9(3)12/h4-6,9H,1-3H3/t9-/m1/s1. The molecule has 0 aliphatic rings. The third-order valence-electron chi connectivity index (χ3n) is 2.01. The highest BCUT2D eigenvalue weighted by atomic mass is 79.9. The minimum absolute atomic E-state index is 0.103. The van der Waals surface area contributed by atoms with Crippen molar-refractivity contribution in [2.24, 2.45) is 0 Å². The number of benzene rings is 1. The highest BCUT2D eigenvalue weighted by molar-refractivity contribution is 9.10. The van der Waals surface area contributed by atoms with Gasteiger partial charge in [0.05, 0.1) is 4.83 Å². The van der Waals surface area contributed by atoms with Crippen LogP contribution in [0, 0.1) is 13.8 Å². The maximum absolute atomic E-state index is 11.6. The van der Waals surface area contributed by atoms with Gasteiger partial charge in [-0.15, -0.1) is 0 Å². The minimum atomic E-state index is -0.103. The molecular formula is C11H13BrO. The van der Waals surface area contributed by atoms with Crippen molar-refractivity contribution in [2.75, 3.05) is 0 Å². The van der Waals surface area contributed by atoms with Gasteiger partial charge in [0.25, 0.3) is 0 Å². The maximum Gasteiger partial charge on any atom is 0.176 e. The van der Waals surface area contributed by atoms with Crippen molar-refractivity contribution in [1.82, 2.24) is 0 Å². The third-order valence-corrected chi connectivity index (χ3v) is 2.42. The number of aryl methyl sites for hydroxylation is 2. The van der Waals surface area contributed by atoms with Crippen LogP contribution in [-0.4, -0.2) is 10.6 Å². The van der Waals surface area contributed by atoms with Crippen molar-refractivity contribution in [3.8, 4) is 0 Å². The van der Waals surface area contributed by atoms with Gasteiger partial charge in [-0.3, -0.25) is 4.79 Å². The summed E-state index contributed by atoms with van der Waals surface area (Å²) in [5.74, 6) is 0.150. The number of rotatable bonds is 2. The molecule has 1 nitrogen and oxygen atoms in total. The molecule has 1 atom stereocenters. The van der Waals surface area contributed by atoms with Crippen molar-refractivity contribution < 1.29 is 4.79 Å². The normalized spacial score (nSPS) is 12.6. The number of carbonyl (C=O) groups is 1. The zero-order valence-electron chi connectivity index (χ0n) is 8.10. The van der Waals surface area contributed by atoms with Crippen LogP contribution in [0.1, 0.15) is 28.4 Å². The van der Waals surface area contributed by atoms with Crippen LogP contribution in [0.2, 0.25) is 0 Å². The smallest absolute Gasteiger partial charge is 0.176 e. The summed E-state index contributed by atoms with van der Waals surface area (Å²) >= 11 is 3.28. The van der Waals surface area contributed by atoms with E-state index in [0.717, 1.165) is 11.1 Å². The number of carbonyl (C=O) groups excluding carboxylic acids is 1. The van der Waals surface area contributed by atoms with Crippen LogP contribution in [-0.2, 0) is 0 Å². The third kappa shape index (κ3) is 2.41. The summed E-state index contributed by atoms with van der Waals surface area (Å²) in [5, 5.41) is 0. The monoisotopic (exact) mass is 240 g/mol. The predicted octanol–water partition coefficient (Wildman–Crippen LogP) is 3.27. The summed E-state index contributed by atoms with van der Waals surface area (Å²) in [6.45, 7) is 5.84. The number of ketones is 1. The van der Waals surface area contributed by atoms with Crippen LogP contribution in [0.5, 0.6) is 0 Å². The Labute approximate surface area is 87.3 Å². The largest absolute Gasteiger partial charge is 0.293 e. The van der Waals surface area contributed by atoms with E-state index in [1.165, 1.54) is 5.56 Å². The van der Waals surface area contributed by atoms with E-state index in [4.69, 9.17) is 0 Å². The summed E-state index contributed by atoms with van der Waals surface area (Å²) in [6, 6.07) is 5.89. The Morgan fingerprint density at radius 1 is 1.38 bits per heavy atom. The number of hydrogen-bond acceptors (Lipinski definition) is 1. The van der Waals surface area contributed by atoms with Gasteiger partial charge in [0, 0.05) is 5.56 Å². The van der Waals surface area contributed by atoms with Crippen molar-refractivity contribution in [3.05, 3.63) is 34.9 Å². The lowest BCUT2D eigenvalue weighted by Crippen LogP contribution is -2.11. The molecular weight excluding hydrogens is 228 g/mol. The summed E-state index contributed by atoms with van der Waals surface area (Å²) in [4.78, 5) is 11.5. The first kappa shape index (κ1) is 10.5. The van der Waals surface area contributed by atoms with Gasteiger partial charge in [0.15, 0.2) is 5.78 Å². The molecule has 13 heavy (non-hydrogen) atoms. The fourth-order valence-electron chi connectivity index (χ4n) is 1.30. The molecule has 0 aromatic heterocycles. The minimum Gasteiger partial charge on any atom is -0.293 e. The van der Waals surface area contributed by atoms with Crippen molar-refractivity contribution in [3.63, 3.8) is 0 Å². The lowest BCUT2D eigenvalue weighted by Gasteiger charge is -2.06. The fraction of sp³-hybridized carbons (Fsp3) is 0.364. The SMILES string of the molecule is Cc1ccc(C(=O)[C@@H](C)Br)c(C)c1. The van der Waals surface area contributed by atoms with Crippen molar-refractivity contribution in [1.29, 1.82) is 0 Å². The molecule has 2 heteroatoms. The lowest BCUT2D eigenvalue weighted by molar-refractivity contribution is 0.0995. The molecule has 0 aliphatic heterocycles. The summed E-state index contributed by atoms with van der Waals surface area (Å²) in [5.41, 5.74) is 3.06. The molecule has 0 amide bonds. The highest BCUT2D eigenvalue weighted by Crippen LogP contribution is 2.15. The molecule has 1 aromatic rings. The maximum atomic E-state index is 11.6. The molecule has 0 N–H and O–H groups in total. The highest BCUT2D eigenvalue weighted by Gasteiger charge is 2.13. The van der Waals surface area contributed by atoms with Crippen LogP contribution in [0.4, 0.5) is 0 Å². The average molecular weight is 241 g/mol. The summed E-state index contributed by atoms with van der Waals surface area (Å²) in [7, 11) is 0. The first-order valence-electron chi connectivity index (χ1n) is 4.28. The van der Waals surface area contributed by atoms with Crippen molar-refractivity contribution in [2.45, 2.75) is 25.6 Å². The molecule has 0 saturated heterocycles. The molecule has 0 heterocycles. The number of Topliss-reactive ketones (excluding diaryl/α,β-unsaturated/α-hetero) is 1. The summed E-state index contributed by atoms with van der Waals surface area (Å²) in [6.07, 6.45) is 0. The Kier molecular flexibility index (Phi) is 3.26. The molecule has 0 bridgehead atoms. The van der Waals surface area contributed by atoms with E-state index in [9.17, 15) is 4.79 Å².